The quantitative estimate of drug-likeness (QED) is 0.192. The van der Waals surface area contributed by atoms with E-state index in [1.54, 1.807) is 0 Å². The summed E-state index contributed by atoms with van der Waals surface area (Å²) < 4.78 is 9.79. The third-order valence-electron chi connectivity index (χ3n) is 15.2. The molecule has 3 amide bonds. The number of methoxy groups -OCH3 is 2. The number of esters is 1. The highest BCUT2D eigenvalue weighted by atomic mass is 16.5. The number of nitrogens with one attached hydrogen (secondary N) is 1. The minimum Gasteiger partial charge on any atom is -0.469 e. The van der Waals surface area contributed by atoms with E-state index in [0.29, 0.717) is 24.9 Å². The zero-order chi connectivity index (χ0) is 44.2. The molecule has 4 aliphatic heterocycles. The van der Waals surface area contributed by atoms with E-state index in [4.69, 9.17) is 19.5 Å². The molecule has 4 heterocycles. The van der Waals surface area contributed by atoms with Gasteiger partial charge in [-0.25, -0.2) is 4.79 Å². The lowest BCUT2D eigenvalue weighted by Crippen LogP contribution is -2.53. The van der Waals surface area contributed by atoms with E-state index in [-0.39, 0.29) is 48.1 Å². The van der Waals surface area contributed by atoms with Gasteiger partial charge in [-0.1, -0.05) is 64.8 Å². The second-order valence-corrected chi connectivity index (χ2v) is 19.8. The summed E-state index contributed by atoms with van der Waals surface area (Å²) in [7, 11) is 2.70. The predicted octanol–water partition coefficient (Wildman–Crippen LogP) is 9.13. The second-order valence-electron chi connectivity index (χ2n) is 19.8. The molecule has 4 atom stereocenters. The van der Waals surface area contributed by atoms with Crippen molar-refractivity contribution >= 4 is 46.7 Å². The van der Waals surface area contributed by atoms with Gasteiger partial charge in [0.1, 0.15) is 6.04 Å². The lowest BCUT2D eigenvalue weighted by molar-refractivity contribution is -0.148. The average molecular weight is 854 g/mol. The van der Waals surface area contributed by atoms with Crippen LogP contribution in [0.1, 0.15) is 108 Å². The fourth-order valence-corrected chi connectivity index (χ4v) is 11.8. The molecular formula is C52H63N5O6. The van der Waals surface area contributed by atoms with Gasteiger partial charge in [0.2, 0.25) is 11.8 Å². The molecule has 0 aromatic heterocycles. The van der Waals surface area contributed by atoms with Crippen LogP contribution in [-0.4, -0.2) is 90.5 Å². The predicted molar refractivity (Wildman–Crippen MR) is 246 cm³/mol. The van der Waals surface area contributed by atoms with E-state index in [1.165, 1.54) is 84.4 Å². The van der Waals surface area contributed by atoms with E-state index in [1.807, 2.05) is 37.5 Å². The van der Waals surface area contributed by atoms with Gasteiger partial charge >= 0.3 is 12.1 Å². The van der Waals surface area contributed by atoms with Crippen LogP contribution in [-0.2, 0) is 49.5 Å². The highest BCUT2D eigenvalue weighted by Gasteiger charge is 2.43. The molecule has 0 bridgehead atoms. The van der Waals surface area contributed by atoms with Gasteiger partial charge in [-0.15, -0.1) is 0 Å². The molecule has 3 aromatic rings. The van der Waals surface area contributed by atoms with E-state index >= 15 is 0 Å². The first-order chi connectivity index (χ1) is 30.4. The third-order valence-corrected chi connectivity index (χ3v) is 15.2. The Kier molecular flexibility index (Phi) is 11.8. The summed E-state index contributed by atoms with van der Waals surface area (Å²) in [5.74, 6) is -0.860. The van der Waals surface area contributed by atoms with Crippen LogP contribution in [0.15, 0.2) is 58.5 Å². The van der Waals surface area contributed by atoms with Gasteiger partial charge in [0, 0.05) is 37.4 Å². The standard InChI is InChI=1S/C52H63N5O6/c1-30(2)38(27-47(58)62-5)49(59)56-21-9-11-45(56)43-25-34-23-32(13-17-41(34)53-43)36-15-16-37(40-29-52(28-39(36)40)19-7-8-20-52)33-14-18-42-35(24-33)26-44(54-42)46-12-10-22-57(46)50(60)48(31(3)4)55-51(61)63-6/h13-18,23-24,30-31,38,45-46,48H,7-12,19-22,25-29H2,1-6H3,(H,55,61)/t38-,45-,46-,48-/m0/s1. The number of carbonyl (C=O) groups is 4. The maximum absolute atomic E-state index is 13.9. The number of alkyl carbamates (subject to hydrolysis) is 1. The first-order valence-corrected chi connectivity index (χ1v) is 23.5. The Morgan fingerprint density at radius 3 is 1.70 bits per heavy atom. The maximum Gasteiger partial charge on any atom is 0.407 e. The van der Waals surface area contributed by atoms with Crippen LogP contribution in [0.5, 0.6) is 0 Å². The molecule has 11 heteroatoms. The molecule has 2 saturated heterocycles. The molecule has 2 aliphatic carbocycles. The molecule has 3 fully saturated rings. The van der Waals surface area contributed by atoms with Crippen LogP contribution in [0.2, 0.25) is 0 Å². The molecule has 3 aromatic carbocycles. The van der Waals surface area contributed by atoms with Gasteiger partial charge in [0.15, 0.2) is 0 Å². The monoisotopic (exact) mass is 853 g/mol. The van der Waals surface area contributed by atoms with Crippen molar-refractivity contribution in [2.75, 3.05) is 27.3 Å². The van der Waals surface area contributed by atoms with Gasteiger partial charge < -0.3 is 24.6 Å². The zero-order valence-corrected chi connectivity index (χ0v) is 37.9. The topological polar surface area (TPSA) is 130 Å². The van der Waals surface area contributed by atoms with Crippen LogP contribution >= 0.6 is 0 Å². The van der Waals surface area contributed by atoms with Crippen LogP contribution in [0.25, 0.3) is 22.3 Å². The van der Waals surface area contributed by atoms with Gasteiger partial charge in [-0.3, -0.25) is 24.4 Å². The molecule has 0 unspecified atom stereocenters. The molecule has 332 valence electrons. The van der Waals surface area contributed by atoms with E-state index in [9.17, 15) is 19.2 Å². The largest absolute Gasteiger partial charge is 0.469 e. The number of benzene rings is 3. The Bertz CT molecular complexity index is 2230. The lowest BCUT2D eigenvalue weighted by atomic mass is 9.82. The summed E-state index contributed by atoms with van der Waals surface area (Å²) in [6.45, 7) is 9.22. The molecule has 63 heavy (non-hydrogen) atoms. The minimum absolute atomic E-state index is 0.0265. The smallest absolute Gasteiger partial charge is 0.407 e. The minimum atomic E-state index is -0.658. The Labute approximate surface area is 372 Å². The molecule has 0 radical (unpaired) electrons. The van der Waals surface area contributed by atoms with Crippen molar-refractivity contribution in [2.24, 2.45) is 33.2 Å². The van der Waals surface area contributed by atoms with Gasteiger partial charge in [0.05, 0.1) is 50.0 Å². The average Bonchev–Trinajstić information content (AvgIpc) is 4.14. The number of likely N-dealkylation sites (tertiary alicyclic amines) is 2. The third kappa shape index (κ3) is 8.10. The first-order valence-electron chi connectivity index (χ1n) is 23.5. The lowest BCUT2D eigenvalue weighted by Gasteiger charge is -2.30. The Morgan fingerprint density at radius 2 is 1.22 bits per heavy atom. The van der Waals surface area contributed by atoms with Crippen molar-refractivity contribution in [3.63, 3.8) is 0 Å². The summed E-state index contributed by atoms with van der Waals surface area (Å²) in [6, 6.07) is 17.4. The first kappa shape index (κ1) is 43.0. The van der Waals surface area contributed by atoms with Gasteiger partial charge in [-0.2, -0.15) is 0 Å². The number of ether oxygens (including phenoxy) is 2. The molecule has 11 nitrogen and oxygen atoms in total. The summed E-state index contributed by atoms with van der Waals surface area (Å²) in [4.78, 5) is 66.4. The summed E-state index contributed by atoms with van der Waals surface area (Å²) in [6.07, 6.45) is 11.8. The summed E-state index contributed by atoms with van der Waals surface area (Å²) in [5, 5.41) is 2.77. The van der Waals surface area contributed by atoms with Crippen molar-refractivity contribution < 1.29 is 28.7 Å². The molecule has 1 N–H and O–H groups in total. The van der Waals surface area contributed by atoms with Crippen LogP contribution in [0, 0.1) is 23.2 Å². The number of rotatable bonds is 11. The van der Waals surface area contributed by atoms with E-state index < -0.39 is 18.1 Å². The Balaban J connectivity index is 0.952. The van der Waals surface area contributed by atoms with Crippen LogP contribution in [0.4, 0.5) is 16.2 Å². The number of amides is 3. The highest BCUT2D eigenvalue weighted by Crippen LogP contribution is 2.53. The van der Waals surface area contributed by atoms with Crippen molar-refractivity contribution in [2.45, 2.75) is 129 Å². The zero-order valence-electron chi connectivity index (χ0n) is 37.9. The van der Waals surface area contributed by atoms with Crippen LogP contribution < -0.4 is 5.32 Å². The van der Waals surface area contributed by atoms with Crippen molar-refractivity contribution in [3.05, 3.63) is 70.8 Å². The molecule has 1 saturated carbocycles. The Hall–Kier alpha value is -5.32. The maximum atomic E-state index is 13.9. The number of carbonyl (C=O) groups excluding carboxylic acids is 4. The van der Waals surface area contributed by atoms with E-state index in [2.05, 4.69) is 53.8 Å². The fourth-order valence-electron chi connectivity index (χ4n) is 11.8. The van der Waals surface area contributed by atoms with Crippen molar-refractivity contribution in [1.29, 1.82) is 0 Å². The SMILES string of the molecule is COC(=O)C[C@H](C(=O)N1CCC[C@H]1C1=Nc2ccc(-c3ccc(-c4ccc5c(c4)CC([C@@H]4CCCN4C(=O)[C@@H](NC(=O)OC)C(C)C)=N5)c4c3CC3(CCCC3)C4)cc2C1)C(C)C. The number of hydrogen-bond donors (Lipinski definition) is 1. The van der Waals surface area contributed by atoms with Gasteiger partial charge in [0.25, 0.3) is 0 Å². The van der Waals surface area contributed by atoms with Crippen molar-refractivity contribution in [3.8, 4) is 22.3 Å². The molecule has 6 aliphatic rings. The number of fused-ring (bicyclic) bond motifs is 3. The summed E-state index contributed by atoms with van der Waals surface area (Å²) in [5.41, 5.74) is 14.8. The van der Waals surface area contributed by atoms with Gasteiger partial charge in [-0.05, 0) is 137 Å². The molecular weight excluding hydrogens is 791 g/mol. The number of nitrogens with zero attached hydrogens (tertiary/aromatic N) is 4. The Morgan fingerprint density at radius 1 is 0.698 bits per heavy atom. The van der Waals surface area contributed by atoms with Crippen LogP contribution in [0.3, 0.4) is 0 Å². The van der Waals surface area contributed by atoms with E-state index in [0.717, 1.165) is 67.7 Å². The fraction of sp³-hybridized carbons (Fsp3) is 0.538. The normalized spacial score (nSPS) is 21.7. The molecule has 1 spiro atoms. The highest BCUT2D eigenvalue weighted by molar-refractivity contribution is 6.02. The summed E-state index contributed by atoms with van der Waals surface area (Å²) >= 11 is 0. The second kappa shape index (κ2) is 17.3. The van der Waals surface area contributed by atoms with Crippen molar-refractivity contribution in [1.82, 2.24) is 15.1 Å². The number of aliphatic imine (C=N–C) groups is 2. The molecule has 9 rings (SSSR count). The number of hydrogen-bond acceptors (Lipinski definition) is 8.